The van der Waals surface area contributed by atoms with Crippen LogP contribution in [0.15, 0.2) is 18.5 Å². The van der Waals surface area contributed by atoms with Crippen molar-refractivity contribution in [2.24, 2.45) is 0 Å². The van der Waals surface area contributed by atoms with Crippen LogP contribution in [0, 0.1) is 0 Å². The summed E-state index contributed by atoms with van der Waals surface area (Å²) in [6.07, 6.45) is 5.78. The minimum atomic E-state index is 0.748. The topological polar surface area (TPSA) is 56.7 Å². The van der Waals surface area contributed by atoms with Gasteiger partial charge in [0.1, 0.15) is 0 Å². The fraction of sp³-hybridized carbons (Fsp3) is 0.400. The Bertz CT molecular complexity index is 433. The molecule has 0 bridgehead atoms. The zero-order valence-corrected chi connectivity index (χ0v) is 8.27. The highest BCUT2D eigenvalue weighted by Crippen LogP contribution is 2.17. The molecule has 2 rings (SSSR count). The van der Waals surface area contributed by atoms with Crippen LogP contribution in [-0.4, -0.2) is 14.8 Å². The number of hydrogen-bond acceptors (Lipinski definition) is 3. The molecule has 0 saturated heterocycles. The van der Waals surface area contributed by atoms with Crippen LogP contribution in [0.4, 0.5) is 5.69 Å². The van der Waals surface area contributed by atoms with Gasteiger partial charge in [-0.3, -0.25) is 0 Å². The highest BCUT2D eigenvalue weighted by atomic mass is 15.3. The van der Waals surface area contributed by atoms with Crippen LogP contribution in [0.1, 0.15) is 19.8 Å². The molecule has 4 heteroatoms. The van der Waals surface area contributed by atoms with Gasteiger partial charge in [-0.05, 0) is 12.5 Å². The Kier molecular flexibility index (Phi) is 2.35. The lowest BCUT2D eigenvalue weighted by Gasteiger charge is -2.00. The third kappa shape index (κ3) is 1.43. The maximum Gasteiger partial charge on any atom is 0.159 e. The van der Waals surface area contributed by atoms with Crippen molar-refractivity contribution in [3.8, 4) is 0 Å². The summed E-state index contributed by atoms with van der Waals surface area (Å²) in [5.74, 6) is 0. The molecule has 0 aliphatic carbocycles. The van der Waals surface area contributed by atoms with Crippen molar-refractivity contribution in [2.45, 2.75) is 26.3 Å². The molecule has 0 atom stereocenters. The SMILES string of the molecule is CCCCn1ncc2c(N)ccnc21. The summed E-state index contributed by atoms with van der Waals surface area (Å²) in [6.45, 7) is 3.07. The van der Waals surface area contributed by atoms with E-state index >= 15 is 0 Å². The van der Waals surface area contributed by atoms with Crippen LogP contribution < -0.4 is 5.73 Å². The Morgan fingerprint density at radius 1 is 1.50 bits per heavy atom. The number of aryl methyl sites for hydroxylation is 1. The second-order valence-electron chi connectivity index (χ2n) is 3.36. The molecule has 0 aromatic carbocycles. The summed E-state index contributed by atoms with van der Waals surface area (Å²) in [5, 5.41) is 5.22. The average Bonchev–Trinajstić information content (AvgIpc) is 2.60. The number of hydrogen-bond donors (Lipinski definition) is 1. The first-order valence-electron chi connectivity index (χ1n) is 4.89. The van der Waals surface area contributed by atoms with Gasteiger partial charge in [0.25, 0.3) is 0 Å². The van der Waals surface area contributed by atoms with Gasteiger partial charge in [0.15, 0.2) is 5.65 Å². The number of nitrogen functional groups attached to an aromatic ring is 1. The van der Waals surface area contributed by atoms with Gasteiger partial charge in [0.2, 0.25) is 0 Å². The Hall–Kier alpha value is -1.58. The number of unbranched alkanes of at least 4 members (excludes halogenated alkanes) is 1. The number of aromatic nitrogens is 3. The van der Waals surface area contributed by atoms with E-state index in [9.17, 15) is 0 Å². The van der Waals surface area contributed by atoms with Crippen molar-refractivity contribution in [1.82, 2.24) is 14.8 Å². The summed E-state index contributed by atoms with van der Waals surface area (Å²) in [6, 6.07) is 1.80. The van der Waals surface area contributed by atoms with Crippen LogP contribution in [0.3, 0.4) is 0 Å². The maximum absolute atomic E-state index is 5.80. The van der Waals surface area contributed by atoms with E-state index in [0.29, 0.717) is 0 Å². The van der Waals surface area contributed by atoms with E-state index in [4.69, 9.17) is 5.73 Å². The Balaban J connectivity index is 2.42. The Morgan fingerprint density at radius 3 is 3.14 bits per heavy atom. The van der Waals surface area contributed by atoms with Gasteiger partial charge in [0, 0.05) is 18.4 Å². The van der Waals surface area contributed by atoms with Gasteiger partial charge in [-0.15, -0.1) is 0 Å². The summed E-state index contributed by atoms with van der Waals surface area (Å²) in [5.41, 5.74) is 7.44. The summed E-state index contributed by atoms with van der Waals surface area (Å²) < 4.78 is 1.91. The van der Waals surface area contributed by atoms with Gasteiger partial charge in [-0.25, -0.2) is 9.67 Å². The minimum Gasteiger partial charge on any atom is -0.398 e. The number of rotatable bonds is 3. The molecule has 0 unspecified atom stereocenters. The number of fused-ring (bicyclic) bond motifs is 1. The molecule has 0 spiro atoms. The molecule has 2 heterocycles. The molecule has 14 heavy (non-hydrogen) atoms. The zero-order chi connectivity index (χ0) is 9.97. The van der Waals surface area contributed by atoms with E-state index < -0.39 is 0 Å². The van der Waals surface area contributed by atoms with Gasteiger partial charge in [-0.2, -0.15) is 5.10 Å². The van der Waals surface area contributed by atoms with Crippen molar-refractivity contribution in [3.63, 3.8) is 0 Å². The molecule has 0 saturated carbocycles. The maximum atomic E-state index is 5.80. The van der Waals surface area contributed by atoms with Crippen molar-refractivity contribution in [3.05, 3.63) is 18.5 Å². The van der Waals surface area contributed by atoms with Gasteiger partial charge < -0.3 is 5.73 Å². The molecule has 2 aromatic rings. The first-order chi connectivity index (χ1) is 6.83. The fourth-order valence-electron chi connectivity index (χ4n) is 1.47. The molecule has 0 radical (unpaired) electrons. The number of nitrogens with zero attached hydrogens (tertiary/aromatic N) is 3. The van der Waals surface area contributed by atoms with E-state index in [1.165, 1.54) is 0 Å². The smallest absolute Gasteiger partial charge is 0.159 e. The van der Waals surface area contributed by atoms with Crippen molar-refractivity contribution in [2.75, 3.05) is 5.73 Å². The van der Waals surface area contributed by atoms with Gasteiger partial charge in [0.05, 0.1) is 11.6 Å². The Morgan fingerprint density at radius 2 is 2.36 bits per heavy atom. The second-order valence-corrected chi connectivity index (χ2v) is 3.36. The molecule has 0 aliphatic rings. The van der Waals surface area contributed by atoms with E-state index in [1.807, 2.05) is 4.68 Å². The van der Waals surface area contributed by atoms with Gasteiger partial charge >= 0.3 is 0 Å². The van der Waals surface area contributed by atoms with E-state index in [1.54, 1.807) is 18.5 Å². The zero-order valence-electron chi connectivity index (χ0n) is 8.27. The first kappa shape index (κ1) is 8.99. The molecule has 4 nitrogen and oxygen atoms in total. The summed E-state index contributed by atoms with van der Waals surface area (Å²) >= 11 is 0. The van der Waals surface area contributed by atoms with Crippen LogP contribution in [0.2, 0.25) is 0 Å². The van der Waals surface area contributed by atoms with E-state index in [-0.39, 0.29) is 0 Å². The van der Waals surface area contributed by atoms with Crippen LogP contribution >= 0.6 is 0 Å². The van der Waals surface area contributed by atoms with Crippen molar-refractivity contribution >= 4 is 16.7 Å². The summed E-state index contributed by atoms with van der Waals surface area (Å²) in [4.78, 5) is 4.28. The highest BCUT2D eigenvalue weighted by molar-refractivity contribution is 5.86. The first-order valence-corrected chi connectivity index (χ1v) is 4.89. The molecular weight excluding hydrogens is 176 g/mol. The number of pyridine rings is 1. The standard InChI is InChI=1S/C10H14N4/c1-2-3-6-14-10-8(7-13-14)9(11)4-5-12-10/h4-5,7H,2-3,6H2,1H3,(H2,11,12). The largest absolute Gasteiger partial charge is 0.398 e. The second kappa shape index (κ2) is 3.65. The van der Waals surface area contributed by atoms with Crippen molar-refractivity contribution < 1.29 is 0 Å². The minimum absolute atomic E-state index is 0.748. The molecule has 0 fully saturated rings. The lowest BCUT2D eigenvalue weighted by molar-refractivity contribution is 0.584. The monoisotopic (exact) mass is 190 g/mol. The predicted molar refractivity (Wildman–Crippen MR) is 56.8 cm³/mol. The van der Waals surface area contributed by atoms with Crippen LogP contribution in [-0.2, 0) is 6.54 Å². The quantitative estimate of drug-likeness (QED) is 0.803. The predicted octanol–water partition coefficient (Wildman–Crippen LogP) is 1.81. The summed E-state index contributed by atoms with van der Waals surface area (Å²) in [7, 11) is 0. The van der Waals surface area contributed by atoms with Crippen molar-refractivity contribution in [1.29, 1.82) is 0 Å². The van der Waals surface area contributed by atoms with E-state index in [0.717, 1.165) is 36.1 Å². The van der Waals surface area contributed by atoms with Crippen LogP contribution in [0.5, 0.6) is 0 Å². The van der Waals surface area contributed by atoms with Gasteiger partial charge in [-0.1, -0.05) is 13.3 Å². The third-order valence-corrected chi connectivity index (χ3v) is 2.30. The molecule has 0 amide bonds. The Labute approximate surface area is 82.7 Å². The van der Waals surface area contributed by atoms with Crippen LogP contribution in [0.25, 0.3) is 11.0 Å². The fourth-order valence-corrected chi connectivity index (χ4v) is 1.47. The average molecular weight is 190 g/mol. The number of nitrogens with two attached hydrogens (primary N) is 1. The lowest BCUT2D eigenvalue weighted by Crippen LogP contribution is -2.00. The number of anilines is 1. The van der Waals surface area contributed by atoms with E-state index in [2.05, 4.69) is 17.0 Å². The molecule has 2 aromatic heterocycles. The normalized spacial score (nSPS) is 10.9. The molecular formula is C10H14N4. The molecule has 74 valence electrons. The molecule has 2 N–H and O–H groups in total. The third-order valence-electron chi connectivity index (χ3n) is 2.30. The molecule has 0 aliphatic heterocycles. The highest BCUT2D eigenvalue weighted by Gasteiger charge is 2.04. The lowest BCUT2D eigenvalue weighted by atomic mass is 10.3.